The first-order valence-electron chi connectivity index (χ1n) is 14.1. The molecule has 0 atom stereocenters. The van der Waals surface area contributed by atoms with Crippen LogP contribution in [0.4, 0.5) is 5.95 Å². The lowest BCUT2D eigenvalue weighted by Crippen LogP contribution is -2.35. The monoisotopic (exact) mass is 550 g/mol. The average molecular weight is 551 g/mol. The maximum Gasteiger partial charge on any atom is 0.242 e. The summed E-state index contributed by atoms with van der Waals surface area (Å²) in [6.07, 6.45) is 0. The molecule has 0 N–H and O–H groups in total. The fourth-order valence-corrected chi connectivity index (χ4v) is 5.79. The standard InChI is InChI=1S/C36H30N4O2/c1-35(2)32(41)40(33(42)36(35,3)4)34-37-28(23-13-7-5-8-14-23)22-29(38-34)24-19-20-31-27(21-24)26-17-11-12-18-30(26)39(31)25-15-9-6-10-16-25/h5-22H,1-4H3. The normalized spacial score (nSPS) is 16.0. The highest BCUT2D eigenvalue weighted by Crippen LogP contribution is 2.48. The molecule has 0 spiro atoms. The summed E-state index contributed by atoms with van der Waals surface area (Å²) in [5, 5.41) is 2.22. The van der Waals surface area contributed by atoms with Gasteiger partial charge in [0.15, 0.2) is 0 Å². The van der Waals surface area contributed by atoms with E-state index in [2.05, 4.69) is 47.0 Å². The van der Waals surface area contributed by atoms with E-state index in [1.54, 1.807) is 0 Å². The molecule has 4 aromatic carbocycles. The fraction of sp³-hybridized carbons (Fsp3) is 0.167. The van der Waals surface area contributed by atoms with Crippen LogP contribution in [-0.2, 0) is 9.59 Å². The summed E-state index contributed by atoms with van der Waals surface area (Å²) < 4.78 is 2.26. The van der Waals surface area contributed by atoms with Gasteiger partial charge in [-0.15, -0.1) is 0 Å². The highest BCUT2D eigenvalue weighted by molar-refractivity contribution is 6.24. The molecule has 6 nitrogen and oxygen atoms in total. The zero-order chi connectivity index (χ0) is 29.2. The van der Waals surface area contributed by atoms with Crippen molar-refractivity contribution in [3.63, 3.8) is 0 Å². The molecule has 2 amide bonds. The molecule has 0 aliphatic carbocycles. The summed E-state index contributed by atoms with van der Waals surface area (Å²) in [6.45, 7) is 7.24. The van der Waals surface area contributed by atoms with Gasteiger partial charge in [-0.1, -0.05) is 72.8 Å². The minimum atomic E-state index is -0.894. The van der Waals surface area contributed by atoms with Crippen LogP contribution in [0.3, 0.4) is 0 Å². The maximum absolute atomic E-state index is 13.6. The van der Waals surface area contributed by atoms with E-state index in [1.165, 1.54) is 4.90 Å². The number of nitrogens with zero attached hydrogens (tertiary/aromatic N) is 4. The van der Waals surface area contributed by atoms with Crippen LogP contribution in [0.15, 0.2) is 109 Å². The lowest BCUT2D eigenvalue weighted by molar-refractivity contribution is -0.129. The summed E-state index contributed by atoms with van der Waals surface area (Å²) in [6, 6.07) is 36.7. The van der Waals surface area contributed by atoms with Crippen LogP contribution in [0.1, 0.15) is 27.7 Å². The van der Waals surface area contributed by atoms with Gasteiger partial charge >= 0.3 is 0 Å². The molecule has 42 heavy (non-hydrogen) atoms. The molecule has 0 bridgehead atoms. The van der Waals surface area contributed by atoms with Crippen molar-refractivity contribution in [3.8, 4) is 28.2 Å². The molecule has 206 valence electrons. The van der Waals surface area contributed by atoms with Crippen LogP contribution in [0.5, 0.6) is 0 Å². The van der Waals surface area contributed by atoms with Crippen molar-refractivity contribution in [2.45, 2.75) is 27.7 Å². The van der Waals surface area contributed by atoms with Gasteiger partial charge in [0.25, 0.3) is 0 Å². The Hall–Kier alpha value is -5.10. The summed E-state index contributed by atoms with van der Waals surface area (Å²) in [4.78, 5) is 38.1. The SMILES string of the molecule is CC1(C)C(=O)N(c2nc(-c3ccccc3)cc(-c3ccc4c(c3)c3ccccc3n4-c3ccccc3)n2)C(=O)C1(C)C. The number of para-hydroxylation sites is 2. The first kappa shape index (κ1) is 25.8. The average Bonchev–Trinajstić information content (AvgIpc) is 3.40. The molecule has 0 radical (unpaired) electrons. The minimum absolute atomic E-state index is 0.104. The van der Waals surface area contributed by atoms with Crippen LogP contribution >= 0.6 is 0 Å². The van der Waals surface area contributed by atoms with Crippen LogP contribution in [-0.4, -0.2) is 26.3 Å². The zero-order valence-corrected chi connectivity index (χ0v) is 24.0. The number of anilines is 1. The Kier molecular flexibility index (Phi) is 5.67. The first-order valence-corrected chi connectivity index (χ1v) is 14.1. The number of benzene rings is 4. The van der Waals surface area contributed by atoms with E-state index in [-0.39, 0.29) is 17.8 Å². The first-order chi connectivity index (χ1) is 20.2. The number of imide groups is 1. The highest BCUT2D eigenvalue weighted by Gasteiger charge is 2.60. The van der Waals surface area contributed by atoms with Crippen molar-refractivity contribution < 1.29 is 9.59 Å². The second-order valence-electron chi connectivity index (χ2n) is 11.9. The molecule has 7 rings (SSSR count). The van der Waals surface area contributed by atoms with Crippen LogP contribution in [0.25, 0.3) is 50.0 Å². The van der Waals surface area contributed by atoms with Gasteiger partial charge in [0.05, 0.1) is 33.3 Å². The zero-order valence-electron chi connectivity index (χ0n) is 24.0. The highest BCUT2D eigenvalue weighted by atomic mass is 16.2. The lowest BCUT2D eigenvalue weighted by atomic mass is 9.70. The number of aromatic nitrogens is 3. The van der Waals surface area contributed by atoms with E-state index in [4.69, 9.17) is 9.97 Å². The van der Waals surface area contributed by atoms with Gasteiger partial charge in [-0.25, -0.2) is 14.9 Å². The minimum Gasteiger partial charge on any atom is -0.309 e. The second-order valence-corrected chi connectivity index (χ2v) is 11.9. The van der Waals surface area contributed by atoms with Crippen LogP contribution < -0.4 is 4.90 Å². The van der Waals surface area contributed by atoms with Gasteiger partial charge in [0.1, 0.15) is 0 Å². The summed E-state index contributed by atoms with van der Waals surface area (Å²) in [5.74, 6) is -0.489. The van der Waals surface area contributed by atoms with Crippen molar-refractivity contribution in [1.82, 2.24) is 14.5 Å². The molecule has 0 unspecified atom stereocenters. The van der Waals surface area contributed by atoms with E-state index < -0.39 is 10.8 Å². The Balaban J connectivity index is 1.45. The van der Waals surface area contributed by atoms with Gasteiger partial charge in [-0.05, 0) is 64.1 Å². The van der Waals surface area contributed by atoms with Gasteiger partial charge in [-0.2, -0.15) is 0 Å². The molecule has 6 heteroatoms. The summed E-state index contributed by atoms with van der Waals surface area (Å²) in [5.41, 5.74) is 4.52. The Morgan fingerprint density at radius 3 is 1.76 bits per heavy atom. The van der Waals surface area contributed by atoms with E-state index in [0.717, 1.165) is 38.6 Å². The predicted molar refractivity (Wildman–Crippen MR) is 167 cm³/mol. The lowest BCUT2D eigenvalue weighted by Gasteiger charge is -2.28. The number of fused-ring (bicyclic) bond motifs is 3. The molecule has 1 aliphatic rings. The molecule has 1 aliphatic heterocycles. The smallest absolute Gasteiger partial charge is 0.242 e. The summed E-state index contributed by atoms with van der Waals surface area (Å²) >= 11 is 0. The number of carbonyl (C=O) groups is 2. The topological polar surface area (TPSA) is 68.1 Å². The Morgan fingerprint density at radius 2 is 1.10 bits per heavy atom. The number of rotatable bonds is 4. The number of hydrogen-bond donors (Lipinski definition) is 0. The molecule has 0 saturated carbocycles. The Morgan fingerprint density at radius 1 is 0.548 bits per heavy atom. The molecule has 2 aromatic heterocycles. The summed E-state index contributed by atoms with van der Waals surface area (Å²) in [7, 11) is 0. The predicted octanol–water partition coefficient (Wildman–Crippen LogP) is 7.83. The number of carbonyl (C=O) groups excluding carboxylic acids is 2. The fourth-order valence-electron chi connectivity index (χ4n) is 5.79. The molecule has 1 fully saturated rings. The number of amides is 2. The molecule has 3 heterocycles. The molecule has 1 saturated heterocycles. The van der Waals surface area contributed by atoms with Crippen molar-refractivity contribution in [1.29, 1.82) is 0 Å². The number of hydrogen-bond acceptors (Lipinski definition) is 4. The Bertz CT molecular complexity index is 2000. The van der Waals surface area contributed by atoms with Gasteiger partial charge in [0, 0.05) is 27.6 Å². The van der Waals surface area contributed by atoms with Crippen LogP contribution in [0.2, 0.25) is 0 Å². The van der Waals surface area contributed by atoms with Crippen molar-refractivity contribution >= 4 is 39.6 Å². The Labute approximate surface area is 244 Å². The maximum atomic E-state index is 13.6. The van der Waals surface area contributed by atoms with E-state index >= 15 is 0 Å². The van der Waals surface area contributed by atoms with E-state index in [1.807, 2.05) is 94.4 Å². The van der Waals surface area contributed by atoms with Gasteiger partial charge < -0.3 is 4.57 Å². The van der Waals surface area contributed by atoms with Crippen molar-refractivity contribution in [3.05, 3.63) is 109 Å². The van der Waals surface area contributed by atoms with E-state index in [9.17, 15) is 9.59 Å². The molecule has 6 aromatic rings. The third-order valence-corrected chi connectivity index (χ3v) is 9.00. The third kappa shape index (κ3) is 3.72. The second kappa shape index (κ2) is 9.21. The quantitative estimate of drug-likeness (QED) is 0.210. The van der Waals surface area contributed by atoms with Gasteiger partial charge in [0.2, 0.25) is 17.8 Å². The van der Waals surface area contributed by atoms with E-state index in [0.29, 0.717) is 11.4 Å². The third-order valence-electron chi connectivity index (χ3n) is 9.00. The van der Waals surface area contributed by atoms with Crippen molar-refractivity contribution in [2.24, 2.45) is 10.8 Å². The largest absolute Gasteiger partial charge is 0.309 e. The molecular formula is C36H30N4O2. The van der Waals surface area contributed by atoms with Crippen molar-refractivity contribution in [2.75, 3.05) is 4.90 Å². The van der Waals surface area contributed by atoms with Gasteiger partial charge in [-0.3, -0.25) is 9.59 Å². The van der Waals surface area contributed by atoms with Crippen LogP contribution in [0, 0.1) is 10.8 Å². The molecular weight excluding hydrogens is 520 g/mol.